The van der Waals surface area contributed by atoms with Crippen LogP contribution >= 0.6 is 0 Å². The SMILES string of the molecule is C/C=C/CCc1ccc(C(=O)Oc2ccc(C#N)c(F)c2)cc1.CC. The molecule has 130 valence electrons. The van der Waals surface area contributed by atoms with Crippen LogP contribution < -0.4 is 4.74 Å². The summed E-state index contributed by atoms with van der Waals surface area (Å²) in [7, 11) is 0. The molecule has 0 fully saturated rings. The molecule has 2 aromatic rings. The predicted octanol–water partition coefficient (Wildman–Crippen LogP) is 5.45. The molecule has 0 aliphatic carbocycles. The largest absolute Gasteiger partial charge is 0.423 e. The second-order valence-electron chi connectivity index (χ2n) is 4.95. The number of rotatable bonds is 5. The van der Waals surface area contributed by atoms with Gasteiger partial charge < -0.3 is 4.74 Å². The fourth-order valence-corrected chi connectivity index (χ4v) is 2.04. The summed E-state index contributed by atoms with van der Waals surface area (Å²) >= 11 is 0. The van der Waals surface area contributed by atoms with Gasteiger partial charge in [-0.3, -0.25) is 0 Å². The van der Waals surface area contributed by atoms with Gasteiger partial charge in [-0.05, 0) is 49.6 Å². The molecule has 0 bridgehead atoms. The molecular weight excluding hydrogens is 317 g/mol. The highest BCUT2D eigenvalue weighted by atomic mass is 19.1. The van der Waals surface area contributed by atoms with E-state index in [2.05, 4.69) is 6.08 Å². The predicted molar refractivity (Wildman–Crippen MR) is 97.0 cm³/mol. The third-order valence-corrected chi connectivity index (χ3v) is 3.30. The van der Waals surface area contributed by atoms with E-state index in [1.165, 1.54) is 12.1 Å². The van der Waals surface area contributed by atoms with Gasteiger partial charge in [0.1, 0.15) is 17.6 Å². The fourth-order valence-electron chi connectivity index (χ4n) is 2.04. The maximum atomic E-state index is 13.5. The summed E-state index contributed by atoms with van der Waals surface area (Å²) in [6.07, 6.45) is 5.94. The van der Waals surface area contributed by atoms with Gasteiger partial charge >= 0.3 is 5.97 Å². The van der Waals surface area contributed by atoms with Crippen LogP contribution in [0.2, 0.25) is 0 Å². The molecule has 0 aliphatic rings. The molecule has 4 heteroatoms. The first kappa shape index (κ1) is 20.1. The van der Waals surface area contributed by atoms with Crippen LogP contribution in [0.3, 0.4) is 0 Å². The number of hydrogen-bond acceptors (Lipinski definition) is 3. The molecule has 0 saturated carbocycles. The molecule has 0 radical (unpaired) electrons. The van der Waals surface area contributed by atoms with Gasteiger partial charge in [0.2, 0.25) is 0 Å². The lowest BCUT2D eigenvalue weighted by molar-refractivity contribution is 0.0734. The van der Waals surface area contributed by atoms with Gasteiger partial charge in [0.15, 0.2) is 0 Å². The van der Waals surface area contributed by atoms with E-state index in [0.717, 1.165) is 24.5 Å². The van der Waals surface area contributed by atoms with Crippen LogP contribution in [0, 0.1) is 17.1 Å². The summed E-state index contributed by atoms with van der Waals surface area (Å²) in [6.45, 7) is 5.98. The van der Waals surface area contributed by atoms with E-state index in [1.807, 2.05) is 39.0 Å². The zero-order valence-electron chi connectivity index (χ0n) is 14.8. The Labute approximate surface area is 148 Å². The zero-order valence-corrected chi connectivity index (χ0v) is 14.8. The maximum Gasteiger partial charge on any atom is 0.343 e. The number of hydrogen-bond donors (Lipinski definition) is 0. The molecule has 25 heavy (non-hydrogen) atoms. The minimum absolute atomic E-state index is 0.0728. The van der Waals surface area contributed by atoms with Crippen molar-refractivity contribution in [3.63, 3.8) is 0 Å². The van der Waals surface area contributed by atoms with Crippen LogP contribution in [0.5, 0.6) is 5.75 Å². The summed E-state index contributed by atoms with van der Waals surface area (Å²) in [4.78, 5) is 12.0. The van der Waals surface area contributed by atoms with Gasteiger partial charge in [0.25, 0.3) is 0 Å². The Morgan fingerprint density at radius 3 is 2.44 bits per heavy atom. The highest BCUT2D eigenvalue weighted by Gasteiger charge is 2.10. The van der Waals surface area contributed by atoms with Crippen molar-refractivity contribution in [3.05, 3.63) is 77.1 Å². The second kappa shape index (κ2) is 10.8. The minimum atomic E-state index is -0.711. The van der Waals surface area contributed by atoms with Crippen molar-refractivity contribution in [2.24, 2.45) is 0 Å². The molecule has 3 nitrogen and oxygen atoms in total. The summed E-state index contributed by atoms with van der Waals surface area (Å²) in [5.74, 6) is -1.20. The van der Waals surface area contributed by atoms with E-state index in [4.69, 9.17) is 10.00 Å². The Bertz CT molecular complexity index is 758. The zero-order chi connectivity index (χ0) is 18.7. The number of benzene rings is 2. The number of esters is 1. The second-order valence-corrected chi connectivity index (χ2v) is 4.95. The van der Waals surface area contributed by atoms with E-state index in [-0.39, 0.29) is 11.3 Å². The Morgan fingerprint density at radius 2 is 1.88 bits per heavy atom. The molecule has 0 atom stereocenters. The van der Waals surface area contributed by atoms with Crippen molar-refractivity contribution in [1.29, 1.82) is 5.26 Å². The number of nitrogens with zero attached hydrogens (tertiary/aromatic N) is 1. The highest BCUT2D eigenvalue weighted by Crippen LogP contribution is 2.18. The lowest BCUT2D eigenvalue weighted by Gasteiger charge is -2.06. The monoisotopic (exact) mass is 339 g/mol. The molecule has 2 rings (SSSR count). The van der Waals surface area contributed by atoms with E-state index in [1.54, 1.807) is 18.2 Å². The first-order valence-electron chi connectivity index (χ1n) is 8.26. The fraction of sp³-hybridized carbons (Fsp3) is 0.238. The molecule has 0 aliphatic heterocycles. The molecule has 0 spiro atoms. The van der Waals surface area contributed by atoms with Gasteiger partial charge in [-0.15, -0.1) is 0 Å². The van der Waals surface area contributed by atoms with Crippen LogP contribution in [-0.2, 0) is 6.42 Å². The molecule has 0 unspecified atom stereocenters. The van der Waals surface area contributed by atoms with Gasteiger partial charge in [-0.1, -0.05) is 38.1 Å². The average Bonchev–Trinajstić information content (AvgIpc) is 2.64. The highest BCUT2D eigenvalue weighted by molar-refractivity contribution is 5.91. The quantitative estimate of drug-likeness (QED) is 0.413. The molecule has 2 aromatic carbocycles. The van der Waals surface area contributed by atoms with Crippen molar-refractivity contribution in [2.75, 3.05) is 0 Å². The topological polar surface area (TPSA) is 50.1 Å². The standard InChI is InChI=1S/C19H16FNO2.C2H6/c1-2-3-4-5-14-6-8-15(9-7-14)19(22)23-17-11-10-16(13-21)18(20)12-17;1-2/h2-3,6-12H,4-5H2,1H3;1-2H3/b3-2+;. The summed E-state index contributed by atoms with van der Waals surface area (Å²) < 4.78 is 18.6. The number of allylic oxidation sites excluding steroid dienone is 2. The van der Waals surface area contributed by atoms with E-state index in [9.17, 15) is 9.18 Å². The molecule has 0 aromatic heterocycles. The smallest absolute Gasteiger partial charge is 0.343 e. The lowest BCUT2D eigenvalue weighted by atomic mass is 10.1. The average molecular weight is 339 g/mol. The van der Waals surface area contributed by atoms with Crippen molar-refractivity contribution >= 4 is 5.97 Å². The van der Waals surface area contributed by atoms with Crippen LogP contribution in [0.4, 0.5) is 4.39 Å². The first-order valence-corrected chi connectivity index (χ1v) is 8.26. The van der Waals surface area contributed by atoms with E-state index >= 15 is 0 Å². The molecule has 0 amide bonds. The Morgan fingerprint density at radius 1 is 1.20 bits per heavy atom. The number of carbonyl (C=O) groups excluding carboxylic acids is 1. The number of aryl methyl sites for hydroxylation is 1. The van der Waals surface area contributed by atoms with Crippen LogP contribution in [0.15, 0.2) is 54.6 Å². The van der Waals surface area contributed by atoms with Gasteiger partial charge in [-0.2, -0.15) is 5.26 Å². The van der Waals surface area contributed by atoms with Crippen LogP contribution in [0.1, 0.15) is 48.7 Å². The summed E-state index contributed by atoms with van der Waals surface area (Å²) in [5.41, 5.74) is 1.43. The lowest BCUT2D eigenvalue weighted by Crippen LogP contribution is -2.08. The third kappa shape index (κ3) is 6.23. The van der Waals surface area contributed by atoms with Crippen molar-refractivity contribution < 1.29 is 13.9 Å². The number of halogens is 1. The van der Waals surface area contributed by atoms with Gasteiger partial charge in [0, 0.05) is 6.07 Å². The Hall–Kier alpha value is -2.93. The molecular formula is C21H22FNO2. The van der Waals surface area contributed by atoms with Crippen molar-refractivity contribution in [3.8, 4) is 11.8 Å². The molecule has 0 N–H and O–H groups in total. The number of nitriles is 1. The van der Waals surface area contributed by atoms with Crippen LogP contribution in [-0.4, -0.2) is 5.97 Å². The van der Waals surface area contributed by atoms with E-state index in [0.29, 0.717) is 5.56 Å². The number of ether oxygens (including phenoxy) is 1. The van der Waals surface area contributed by atoms with Gasteiger partial charge in [-0.25, -0.2) is 9.18 Å². The number of carbonyl (C=O) groups is 1. The summed E-state index contributed by atoms with van der Waals surface area (Å²) in [5, 5.41) is 8.67. The Kier molecular flexibility index (Phi) is 8.67. The van der Waals surface area contributed by atoms with Gasteiger partial charge in [0.05, 0.1) is 11.1 Å². The van der Waals surface area contributed by atoms with Crippen molar-refractivity contribution in [1.82, 2.24) is 0 Å². The van der Waals surface area contributed by atoms with E-state index < -0.39 is 11.8 Å². The Balaban J connectivity index is 0.00000151. The minimum Gasteiger partial charge on any atom is -0.423 e. The van der Waals surface area contributed by atoms with Crippen LogP contribution in [0.25, 0.3) is 0 Å². The first-order chi connectivity index (χ1) is 12.1. The van der Waals surface area contributed by atoms with Crippen molar-refractivity contribution in [2.45, 2.75) is 33.6 Å². The normalized spacial score (nSPS) is 9.88. The molecule has 0 saturated heterocycles. The maximum absolute atomic E-state index is 13.5. The third-order valence-electron chi connectivity index (χ3n) is 3.30. The summed E-state index contributed by atoms with van der Waals surface area (Å²) in [6, 6.07) is 12.5. The molecule has 0 heterocycles.